The Hall–Kier alpha value is -1.20. The van der Waals surface area contributed by atoms with E-state index in [9.17, 15) is 4.79 Å². The minimum absolute atomic E-state index is 0.0613. The summed E-state index contributed by atoms with van der Waals surface area (Å²) < 4.78 is 5.57. The van der Waals surface area contributed by atoms with Crippen molar-refractivity contribution in [3.8, 4) is 5.75 Å². The molecule has 0 aromatic heterocycles. The van der Waals surface area contributed by atoms with Gasteiger partial charge in [-0.2, -0.15) is 0 Å². The highest BCUT2D eigenvalue weighted by atomic mass is 32.2. The second-order valence-corrected chi connectivity index (χ2v) is 6.47. The maximum Gasteiger partial charge on any atom is 0.234 e. The van der Waals surface area contributed by atoms with Gasteiger partial charge < -0.3 is 15.4 Å². The summed E-state index contributed by atoms with van der Waals surface area (Å²) in [5.74, 6) is 1.39. The summed E-state index contributed by atoms with van der Waals surface area (Å²) in [6, 6.07) is 7.59. The van der Waals surface area contributed by atoms with Crippen molar-refractivity contribution >= 4 is 23.4 Å². The highest BCUT2D eigenvalue weighted by Gasteiger charge is 2.15. The molecule has 21 heavy (non-hydrogen) atoms. The van der Waals surface area contributed by atoms with Crippen molar-refractivity contribution in [1.82, 2.24) is 5.32 Å². The number of carbonyl (C=O) groups is 1. The summed E-state index contributed by atoms with van der Waals surface area (Å²) >= 11 is 1.76. The van der Waals surface area contributed by atoms with Gasteiger partial charge in [0.2, 0.25) is 5.91 Å². The number of rotatable bonds is 7. The molecule has 1 saturated heterocycles. The minimum atomic E-state index is 0.0613. The van der Waals surface area contributed by atoms with Gasteiger partial charge in [-0.05, 0) is 44.5 Å². The maximum atomic E-state index is 12.0. The van der Waals surface area contributed by atoms with Crippen LogP contribution in [-0.4, -0.2) is 36.6 Å². The third-order valence-electron chi connectivity index (χ3n) is 3.33. The van der Waals surface area contributed by atoms with Gasteiger partial charge in [-0.3, -0.25) is 4.79 Å². The summed E-state index contributed by atoms with van der Waals surface area (Å²) in [5.41, 5.74) is 0.805. The van der Waals surface area contributed by atoms with E-state index in [0.717, 1.165) is 43.8 Å². The van der Waals surface area contributed by atoms with Gasteiger partial charge in [0.15, 0.2) is 0 Å². The Labute approximate surface area is 131 Å². The number of anilines is 1. The second kappa shape index (κ2) is 8.95. The van der Waals surface area contributed by atoms with Crippen molar-refractivity contribution in [2.45, 2.75) is 31.4 Å². The smallest absolute Gasteiger partial charge is 0.234 e. The molecule has 116 valence electrons. The van der Waals surface area contributed by atoms with Gasteiger partial charge in [0, 0.05) is 17.0 Å². The Kier molecular flexibility index (Phi) is 6.89. The highest BCUT2D eigenvalue weighted by Crippen LogP contribution is 2.21. The standard InChI is InChI=1S/C16H24N2O2S/c1-2-10-20-14-5-3-4-13(11-14)18-16(19)12-21-15-6-8-17-9-7-15/h3-5,11,15,17H,2,6-10,12H2,1H3,(H,18,19). The molecule has 1 aromatic carbocycles. The summed E-state index contributed by atoms with van der Waals surface area (Å²) in [5, 5.41) is 6.89. The molecule has 0 aliphatic carbocycles. The van der Waals surface area contributed by atoms with Crippen LogP contribution in [-0.2, 0) is 4.79 Å². The fourth-order valence-corrected chi connectivity index (χ4v) is 3.26. The number of nitrogens with one attached hydrogen (secondary N) is 2. The fraction of sp³-hybridized carbons (Fsp3) is 0.562. The molecule has 0 atom stereocenters. The van der Waals surface area contributed by atoms with Crippen LogP contribution in [0.25, 0.3) is 0 Å². The van der Waals surface area contributed by atoms with E-state index in [4.69, 9.17) is 4.74 Å². The zero-order valence-electron chi connectivity index (χ0n) is 12.6. The third kappa shape index (κ3) is 5.98. The largest absolute Gasteiger partial charge is 0.494 e. The van der Waals surface area contributed by atoms with Gasteiger partial charge in [0.25, 0.3) is 0 Å². The molecule has 1 aromatic rings. The lowest BCUT2D eigenvalue weighted by atomic mass is 10.2. The van der Waals surface area contributed by atoms with Crippen LogP contribution < -0.4 is 15.4 Å². The topological polar surface area (TPSA) is 50.4 Å². The summed E-state index contributed by atoms with van der Waals surface area (Å²) in [4.78, 5) is 12.0. The lowest BCUT2D eigenvalue weighted by Gasteiger charge is -2.21. The molecule has 1 amide bonds. The van der Waals surface area contributed by atoms with Crippen LogP contribution in [0.2, 0.25) is 0 Å². The Bertz CT molecular complexity index is 448. The molecule has 5 heteroatoms. The van der Waals surface area contributed by atoms with Crippen LogP contribution in [0.1, 0.15) is 26.2 Å². The Balaban J connectivity index is 1.76. The molecule has 0 radical (unpaired) electrons. The molecule has 0 spiro atoms. The van der Waals surface area contributed by atoms with Crippen LogP contribution in [0, 0.1) is 0 Å². The van der Waals surface area contributed by atoms with Crippen molar-refractivity contribution in [1.29, 1.82) is 0 Å². The molecule has 1 fully saturated rings. The zero-order valence-corrected chi connectivity index (χ0v) is 13.4. The molecule has 1 aliphatic rings. The first-order chi connectivity index (χ1) is 10.3. The summed E-state index contributed by atoms with van der Waals surface area (Å²) in [7, 11) is 0. The van der Waals surface area contributed by atoms with E-state index in [2.05, 4.69) is 17.6 Å². The van der Waals surface area contributed by atoms with Crippen molar-refractivity contribution in [2.75, 3.05) is 30.8 Å². The molecule has 0 unspecified atom stereocenters. The molecular weight excluding hydrogens is 284 g/mol. The SMILES string of the molecule is CCCOc1cccc(NC(=O)CSC2CCNCC2)c1. The molecule has 0 bridgehead atoms. The van der Waals surface area contributed by atoms with E-state index < -0.39 is 0 Å². The van der Waals surface area contributed by atoms with E-state index in [1.807, 2.05) is 24.3 Å². The predicted molar refractivity (Wildman–Crippen MR) is 89.2 cm³/mol. The van der Waals surface area contributed by atoms with Gasteiger partial charge in [-0.15, -0.1) is 11.8 Å². The van der Waals surface area contributed by atoms with Gasteiger partial charge in [-0.25, -0.2) is 0 Å². The molecule has 4 nitrogen and oxygen atoms in total. The van der Waals surface area contributed by atoms with Crippen molar-refractivity contribution < 1.29 is 9.53 Å². The van der Waals surface area contributed by atoms with E-state index in [0.29, 0.717) is 17.6 Å². The molecule has 1 heterocycles. The second-order valence-electron chi connectivity index (χ2n) is 5.18. The van der Waals surface area contributed by atoms with Crippen LogP contribution >= 0.6 is 11.8 Å². The first kappa shape index (κ1) is 16.2. The number of carbonyl (C=O) groups excluding carboxylic acids is 1. The first-order valence-electron chi connectivity index (χ1n) is 7.63. The van der Waals surface area contributed by atoms with E-state index in [1.165, 1.54) is 0 Å². The van der Waals surface area contributed by atoms with Gasteiger partial charge in [-0.1, -0.05) is 13.0 Å². The molecule has 0 saturated carbocycles. The van der Waals surface area contributed by atoms with Gasteiger partial charge in [0.1, 0.15) is 5.75 Å². The lowest BCUT2D eigenvalue weighted by molar-refractivity contribution is -0.113. The van der Waals surface area contributed by atoms with Crippen molar-refractivity contribution in [3.05, 3.63) is 24.3 Å². The number of benzene rings is 1. The van der Waals surface area contributed by atoms with Crippen LogP contribution in [0.3, 0.4) is 0 Å². The Morgan fingerprint density at radius 3 is 3.00 bits per heavy atom. The van der Waals surface area contributed by atoms with Crippen molar-refractivity contribution in [2.24, 2.45) is 0 Å². The number of hydrogen-bond donors (Lipinski definition) is 2. The number of amides is 1. The van der Waals surface area contributed by atoms with E-state index in [-0.39, 0.29) is 5.91 Å². The number of hydrogen-bond acceptors (Lipinski definition) is 4. The van der Waals surface area contributed by atoms with Crippen LogP contribution in [0.4, 0.5) is 5.69 Å². The van der Waals surface area contributed by atoms with Gasteiger partial charge in [0.05, 0.1) is 12.4 Å². The van der Waals surface area contributed by atoms with E-state index in [1.54, 1.807) is 11.8 Å². The number of thioether (sulfide) groups is 1. The third-order valence-corrected chi connectivity index (χ3v) is 4.70. The minimum Gasteiger partial charge on any atom is -0.494 e. The average Bonchev–Trinajstić information content (AvgIpc) is 2.52. The average molecular weight is 308 g/mol. The maximum absolute atomic E-state index is 12.0. The fourth-order valence-electron chi connectivity index (χ4n) is 2.24. The summed E-state index contributed by atoms with van der Waals surface area (Å²) in [6.07, 6.45) is 3.28. The highest BCUT2D eigenvalue weighted by molar-refractivity contribution is 8.00. The van der Waals surface area contributed by atoms with Crippen LogP contribution in [0.15, 0.2) is 24.3 Å². The summed E-state index contributed by atoms with van der Waals surface area (Å²) in [6.45, 7) is 4.90. The van der Waals surface area contributed by atoms with Crippen LogP contribution in [0.5, 0.6) is 5.75 Å². The van der Waals surface area contributed by atoms with Crippen molar-refractivity contribution in [3.63, 3.8) is 0 Å². The Morgan fingerprint density at radius 2 is 2.24 bits per heavy atom. The predicted octanol–water partition coefficient (Wildman–Crippen LogP) is 2.90. The Morgan fingerprint density at radius 1 is 1.43 bits per heavy atom. The van der Waals surface area contributed by atoms with E-state index >= 15 is 0 Å². The molecule has 2 N–H and O–H groups in total. The lowest BCUT2D eigenvalue weighted by Crippen LogP contribution is -2.30. The molecule has 1 aliphatic heterocycles. The number of piperidine rings is 1. The quantitative estimate of drug-likeness (QED) is 0.813. The molecule has 2 rings (SSSR count). The zero-order chi connectivity index (χ0) is 14.9. The molecular formula is C16H24N2O2S. The number of ether oxygens (including phenoxy) is 1. The normalized spacial score (nSPS) is 15.7. The first-order valence-corrected chi connectivity index (χ1v) is 8.68. The van der Waals surface area contributed by atoms with Gasteiger partial charge >= 0.3 is 0 Å². The monoisotopic (exact) mass is 308 g/mol.